The molecule has 0 spiro atoms. The average molecular weight is 739 g/mol. The van der Waals surface area contributed by atoms with E-state index in [1.54, 1.807) is 25.7 Å². The van der Waals surface area contributed by atoms with Gasteiger partial charge in [0.2, 0.25) is 21.8 Å². The van der Waals surface area contributed by atoms with Crippen molar-refractivity contribution in [1.82, 2.24) is 30.5 Å². The third-order valence-corrected chi connectivity index (χ3v) is 12.5. The first-order valence-electron chi connectivity index (χ1n) is 18.0. The minimum absolute atomic E-state index is 0.0784. The molecule has 282 valence electrons. The molecule has 3 fully saturated rings. The van der Waals surface area contributed by atoms with Crippen LogP contribution in [0.5, 0.6) is 0 Å². The van der Waals surface area contributed by atoms with Crippen LogP contribution in [0.1, 0.15) is 89.8 Å². The Morgan fingerprint density at radius 2 is 1.85 bits per heavy atom. The van der Waals surface area contributed by atoms with Gasteiger partial charge in [-0.2, -0.15) is 0 Å². The lowest BCUT2D eigenvalue weighted by Gasteiger charge is -2.36. The molecule has 6 amide bonds. The van der Waals surface area contributed by atoms with Crippen molar-refractivity contribution < 1.29 is 37.1 Å². The van der Waals surface area contributed by atoms with Crippen molar-refractivity contribution in [2.75, 3.05) is 6.54 Å². The van der Waals surface area contributed by atoms with Crippen molar-refractivity contribution in [3.05, 3.63) is 53.6 Å². The Kier molecular flexibility index (Phi) is 9.73. The van der Waals surface area contributed by atoms with Gasteiger partial charge in [0.05, 0.1) is 18.3 Å². The molecule has 0 unspecified atom stereocenters. The van der Waals surface area contributed by atoms with Crippen LogP contribution in [0, 0.1) is 11.3 Å². The molecule has 6 rings (SSSR count). The largest absolute Gasteiger partial charge is 0.444 e. The quantitative estimate of drug-likeness (QED) is 0.321. The molecule has 5 atom stereocenters. The van der Waals surface area contributed by atoms with E-state index in [1.165, 1.54) is 11.0 Å². The molecule has 0 radical (unpaired) electrons. The van der Waals surface area contributed by atoms with E-state index in [-0.39, 0.29) is 19.4 Å². The van der Waals surface area contributed by atoms with Crippen molar-refractivity contribution in [2.45, 2.75) is 121 Å². The summed E-state index contributed by atoms with van der Waals surface area (Å²) in [6.45, 7) is 13.5. The summed E-state index contributed by atoms with van der Waals surface area (Å²) in [6.07, 6.45) is 6.29. The molecule has 3 aliphatic heterocycles. The third kappa shape index (κ3) is 7.69. The highest BCUT2D eigenvalue weighted by atomic mass is 32.2. The summed E-state index contributed by atoms with van der Waals surface area (Å²) in [5.74, 6) is -2.67. The van der Waals surface area contributed by atoms with Crippen LogP contribution in [-0.4, -0.2) is 89.1 Å². The van der Waals surface area contributed by atoms with E-state index in [0.717, 1.165) is 16.7 Å². The van der Waals surface area contributed by atoms with Crippen LogP contribution in [0.2, 0.25) is 0 Å². The summed E-state index contributed by atoms with van der Waals surface area (Å²) in [5, 5.41) is 7.94. The Balaban J connectivity index is 1.30. The molecule has 4 bridgehead atoms. The zero-order valence-corrected chi connectivity index (χ0v) is 31.3. The van der Waals surface area contributed by atoms with Crippen LogP contribution in [-0.2, 0) is 42.2 Å². The molecule has 1 aromatic rings. The summed E-state index contributed by atoms with van der Waals surface area (Å²) in [7, 11) is -3.91. The zero-order chi connectivity index (χ0) is 37.8. The van der Waals surface area contributed by atoms with Crippen LogP contribution in [0.15, 0.2) is 36.9 Å². The molecule has 5 aliphatic rings. The van der Waals surface area contributed by atoms with Gasteiger partial charge in [-0.3, -0.25) is 24.0 Å². The number of fused-ring (bicyclic) bond motifs is 3. The number of benzene rings is 1. The fourth-order valence-corrected chi connectivity index (χ4v) is 8.71. The maximum absolute atomic E-state index is 14.5. The fraction of sp³-hybridized carbons (Fsp3) is 0.595. The van der Waals surface area contributed by atoms with Gasteiger partial charge < -0.3 is 25.6 Å². The van der Waals surface area contributed by atoms with Gasteiger partial charge in [0.25, 0.3) is 5.91 Å². The summed E-state index contributed by atoms with van der Waals surface area (Å²) in [6, 6.07) is 3.05. The van der Waals surface area contributed by atoms with Gasteiger partial charge in [0.1, 0.15) is 23.7 Å². The number of nitrogens with one attached hydrogen (secondary N) is 4. The van der Waals surface area contributed by atoms with E-state index in [1.807, 2.05) is 44.2 Å². The third-order valence-electron chi connectivity index (χ3n) is 10.7. The zero-order valence-electron chi connectivity index (χ0n) is 30.5. The topological polar surface area (TPSA) is 183 Å². The lowest BCUT2D eigenvalue weighted by atomic mass is 9.85. The minimum atomic E-state index is -3.91. The fourth-order valence-electron chi connectivity index (χ4n) is 7.35. The lowest BCUT2D eigenvalue weighted by molar-refractivity contribution is -0.142. The van der Waals surface area contributed by atoms with E-state index in [2.05, 4.69) is 27.3 Å². The van der Waals surface area contributed by atoms with Crippen LogP contribution >= 0.6 is 0 Å². The van der Waals surface area contributed by atoms with Crippen LogP contribution in [0.25, 0.3) is 6.08 Å². The Morgan fingerprint density at radius 3 is 2.50 bits per heavy atom. The first-order valence-corrected chi connectivity index (χ1v) is 19.5. The second kappa shape index (κ2) is 13.5. The molecule has 0 aromatic heterocycles. The molecule has 2 saturated carbocycles. The van der Waals surface area contributed by atoms with Crippen molar-refractivity contribution in [1.29, 1.82) is 0 Å². The van der Waals surface area contributed by atoms with Gasteiger partial charge in [0, 0.05) is 24.4 Å². The molecule has 15 heteroatoms. The molecule has 14 nitrogen and oxygen atoms in total. The monoisotopic (exact) mass is 738 g/mol. The first kappa shape index (κ1) is 37.4. The van der Waals surface area contributed by atoms with Gasteiger partial charge in [-0.25, -0.2) is 18.0 Å². The highest BCUT2D eigenvalue weighted by Crippen LogP contribution is 2.45. The van der Waals surface area contributed by atoms with Crippen molar-refractivity contribution in [2.24, 2.45) is 11.3 Å². The van der Waals surface area contributed by atoms with Crippen LogP contribution < -0.4 is 20.7 Å². The molecule has 2 aliphatic carbocycles. The highest BCUT2D eigenvalue weighted by Gasteiger charge is 2.62. The van der Waals surface area contributed by atoms with Crippen molar-refractivity contribution >= 4 is 45.9 Å². The average Bonchev–Trinajstić information content (AvgIpc) is 3.94. The molecule has 1 saturated heterocycles. The number of sulfonamides is 1. The normalized spacial score (nSPS) is 29.8. The van der Waals surface area contributed by atoms with Crippen LogP contribution in [0.4, 0.5) is 9.59 Å². The number of rotatable bonds is 6. The standard InChI is InChI=1S/C37H50N6O8S/c1-7-24-18-37(24,32(46)41-52(49,50)26-14-15-26)39-30(44)28-17-25-20-43(28)31(45)29(35(2,3)4)38-33(47)40-36(5,6)16-9-8-11-22-12-10-13-23-19-42(21-27(22)23)34(48)51-25/h7-8,10-13,24-26,28-29H,1,9,14-21H2,2-6H3,(H,39,44)(H,41,46)(H2,38,40,47)/b11-8+/t24-,25-,28+,29-,37-/m1/s1. The van der Waals surface area contributed by atoms with E-state index in [0.29, 0.717) is 38.8 Å². The van der Waals surface area contributed by atoms with Gasteiger partial charge in [-0.15, -0.1) is 6.58 Å². The SMILES string of the molecule is C=C[C@@H]1C[C@]1(NC(=O)[C@@H]1C[C@@H]2CN1C(=O)[C@H](C(C)(C)C)NC(=O)NC(C)(C)CC/C=C/c1cccc3c1CN(C3)C(=O)O2)C(=O)NS(=O)(=O)C1CC1. The predicted molar refractivity (Wildman–Crippen MR) is 193 cm³/mol. The smallest absolute Gasteiger partial charge is 0.410 e. The molecular formula is C37H50N6O8S. The maximum atomic E-state index is 14.5. The number of urea groups is 1. The lowest BCUT2D eigenvalue weighted by Crippen LogP contribution is -2.62. The predicted octanol–water partition coefficient (Wildman–Crippen LogP) is 3.08. The molecule has 1 aromatic carbocycles. The van der Waals surface area contributed by atoms with E-state index in [9.17, 15) is 32.4 Å². The van der Waals surface area contributed by atoms with Crippen molar-refractivity contribution in [3.8, 4) is 0 Å². The Labute approximate surface area is 305 Å². The van der Waals surface area contributed by atoms with Gasteiger partial charge in [-0.1, -0.05) is 57.2 Å². The number of carbonyl (C=O) groups is 5. The summed E-state index contributed by atoms with van der Waals surface area (Å²) in [4.78, 5) is 72.1. The van der Waals surface area contributed by atoms with Gasteiger partial charge in [0.15, 0.2) is 0 Å². The minimum Gasteiger partial charge on any atom is -0.444 e. The number of hydrogen-bond donors (Lipinski definition) is 4. The number of hydrogen-bond acceptors (Lipinski definition) is 8. The number of nitrogens with zero attached hydrogens (tertiary/aromatic N) is 2. The molecule has 3 heterocycles. The second-order valence-electron chi connectivity index (χ2n) is 16.5. The molecule has 4 N–H and O–H groups in total. The Bertz CT molecular complexity index is 1820. The number of allylic oxidation sites excluding steroid dienone is 1. The highest BCUT2D eigenvalue weighted by molar-refractivity contribution is 7.91. The molecule has 52 heavy (non-hydrogen) atoms. The van der Waals surface area contributed by atoms with E-state index >= 15 is 0 Å². The molecular weight excluding hydrogens is 689 g/mol. The van der Waals surface area contributed by atoms with Crippen molar-refractivity contribution in [3.63, 3.8) is 0 Å². The van der Waals surface area contributed by atoms with Gasteiger partial charge in [-0.05, 0) is 68.1 Å². The second-order valence-corrected chi connectivity index (χ2v) is 18.5. The number of carbonyl (C=O) groups excluding carboxylic acids is 5. The summed E-state index contributed by atoms with van der Waals surface area (Å²) < 4.78 is 33.4. The van der Waals surface area contributed by atoms with Gasteiger partial charge >= 0.3 is 12.1 Å². The maximum Gasteiger partial charge on any atom is 0.410 e. The number of amides is 6. The Morgan fingerprint density at radius 1 is 1.12 bits per heavy atom. The number of ether oxygens (including phenoxy) is 1. The Hall–Kier alpha value is -4.40. The van der Waals surface area contributed by atoms with Crippen LogP contribution in [0.3, 0.4) is 0 Å². The van der Waals surface area contributed by atoms with E-state index in [4.69, 9.17) is 4.74 Å². The van der Waals surface area contributed by atoms with E-state index < -0.39 is 85.7 Å². The summed E-state index contributed by atoms with van der Waals surface area (Å²) >= 11 is 0. The summed E-state index contributed by atoms with van der Waals surface area (Å²) in [5.41, 5.74) is -0.0288. The first-order chi connectivity index (χ1) is 24.3.